The van der Waals surface area contributed by atoms with E-state index in [2.05, 4.69) is 12.1 Å². The van der Waals surface area contributed by atoms with Gasteiger partial charge in [0.1, 0.15) is 23.4 Å². The van der Waals surface area contributed by atoms with E-state index >= 15 is 0 Å². The van der Waals surface area contributed by atoms with Gasteiger partial charge in [-0.15, -0.1) is 11.6 Å². The standard InChI is InChI=1S/C21H19ClO2/c22-15-14-21(17-8-3-1-4-9-17)24-20-13-7-12-19(16-20)23-18-10-5-2-6-11-18/h1-13,16,21H,14-15H2. The minimum absolute atomic E-state index is 0.0734. The van der Waals surface area contributed by atoms with Gasteiger partial charge in [-0.05, 0) is 29.8 Å². The Morgan fingerprint density at radius 1 is 0.708 bits per heavy atom. The molecule has 0 aliphatic rings. The molecule has 2 nitrogen and oxygen atoms in total. The predicted octanol–water partition coefficient (Wildman–Crippen LogP) is 6.23. The number of halogens is 1. The summed E-state index contributed by atoms with van der Waals surface area (Å²) >= 11 is 5.95. The van der Waals surface area contributed by atoms with Gasteiger partial charge in [0.2, 0.25) is 0 Å². The van der Waals surface area contributed by atoms with E-state index in [0.717, 1.165) is 29.2 Å². The van der Waals surface area contributed by atoms with Gasteiger partial charge in [-0.3, -0.25) is 0 Å². The fraction of sp³-hybridized carbons (Fsp3) is 0.143. The van der Waals surface area contributed by atoms with Crippen LogP contribution in [0.3, 0.4) is 0 Å². The lowest BCUT2D eigenvalue weighted by Crippen LogP contribution is -2.08. The van der Waals surface area contributed by atoms with Crippen LogP contribution in [0, 0.1) is 0 Å². The summed E-state index contributed by atoms with van der Waals surface area (Å²) in [6, 6.07) is 27.5. The third kappa shape index (κ3) is 4.53. The molecule has 0 fully saturated rings. The molecule has 0 amide bonds. The molecule has 1 atom stereocenters. The molecular formula is C21H19ClO2. The third-order valence-corrected chi connectivity index (χ3v) is 3.82. The van der Waals surface area contributed by atoms with Gasteiger partial charge in [-0.2, -0.15) is 0 Å². The van der Waals surface area contributed by atoms with Gasteiger partial charge in [0.05, 0.1) is 0 Å². The Labute approximate surface area is 147 Å². The van der Waals surface area contributed by atoms with E-state index < -0.39 is 0 Å². The fourth-order valence-corrected chi connectivity index (χ4v) is 2.66. The van der Waals surface area contributed by atoms with Crippen LogP contribution in [0.2, 0.25) is 0 Å². The lowest BCUT2D eigenvalue weighted by atomic mass is 10.1. The first-order valence-electron chi connectivity index (χ1n) is 7.95. The normalized spacial score (nSPS) is 11.7. The number of hydrogen-bond donors (Lipinski definition) is 0. The first-order valence-corrected chi connectivity index (χ1v) is 8.49. The molecule has 0 aromatic heterocycles. The van der Waals surface area contributed by atoms with Crippen LogP contribution in [-0.4, -0.2) is 5.88 Å². The number of para-hydroxylation sites is 1. The van der Waals surface area contributed by atoms with Gasteiger partial charge in [0.25, 0.3) is 0 Å². The molecule has 0 saturated carbocycles. The minimum Gasteiger partial charge on any atom is -0.486 e. The molecule has 3 rings (SSSR count). The second-order valence-electron chi connectivity index (χ2n) is 5.38. The Kier molecular flexibility index (Phi) is 5.75. The summed E-state index contributed by atoms with van der Waals surface area (Å²) in [6.45, 7) is 0. The highest BCUT2D eigenvalue weighted by Gasteiger charge is 2.13. The van der Waals surface area contributed by atoms with Gasteiger partial charge in [0.15, 0.2) is 0 Å². The average Bonchev–Trinajstić information content (AvgIpc) is 2.63. The topological polar surface area (TPSA) is 18.5 Å². The Bertz CT molecular complexity index is 744. The van der Waals surface area contributed by atoms with Crippen molar-refractivity contribution in [2.24, 2.45) is 0 Å². The molecule has 0 spiro atoms. The zero-order valence-electron chi connectivity index (χ0n) is 13.3. The van der Waals surface area contributed by atoms with Crippen molar-refractivity contribution in [2.75, 3.05) is 5.88 Å². The summed E-state index contributed by atoms with van der Waals surface area (Å²) < 4.78 is 12.0. The Balaban J connectivity index is 1.75. The highest BCUT2D eigenvalue weighted by atomic mass is 35.5. The lowest BCUT2D eigenvalue weighted by Gasteiger charge is -2.19. The van der Waals surface area contributed by atoms with Crippen molar-refractivity contribution in [3.63, 3.8) is 0 Å². The largest absolute Gasteiger partial charge is 0.486 e. The number of ether oxygens (including phenoxy) is 2. The smallest absolute Gasteiger partial charge is 0.131 e. The molecule has 0 heterocycles. The molecule has 3 aromatic rings. The molecule has 0 bridgehead atoms. The van der Waals surface area contributed by atoms with E-state index in [0.29, 0.717) is 5.88 Å². The summed E-state index contributed by atoms with van der Waals surface area (Å²) in [5.41, 5.74) is 1.12. The fourth-order valence-electron chi connectivity index (χ4n) is 2.46. The summed E-state index contributed by atoms with van der Waals surface area (Å²) in [5, 5.41) is 0. The van der Waals surface area contributed by atoms with Crippen LogP contribution in [0.5, 0.6) is 17.2 Å². The van der Waals surface area contributed by atoms with Crippen molar-refractivity contribution in [3.05, 3.63) is 90.5 Å². The molecule has 1 unspecified atom stereocenters. The highest BCUT2D eigenvalue weighted by Crippen LogP contribution is 2.29. The molecule has 0 saturated heterocycles. The van der Waals surface area contributed by atoms with Gasteiger partial charge >= 0.3 is 0 Å². The van der Waals surface area contributed by atoms with E-state index in [-0.39, 0.29) is 6.10 Å². The minimum atomic E-state index is -0.0734. The number of hydrogen-bond acceptors (Lipinski definition) is 2. The van der Waals surface area contributed by atoms with Crippen molar-refractivity contribution in [1.29, 1.82) is 0 Å². The molecule has 3 heteroatoms. The van der Waals surface area contributed by atoms with E-state index in [1.165, 1.54) is 0 Å². The number of benzene rings is 3. The molecule has 0 aliphatic heterocycles. The van der Waals surface area contributed by atoms with Crippen LogP contribution in [-0.2, 0) is 0 Å². The molecule has 3 aromatic carbocycles. The molecule has 0 radical (unpaired) electrons. The van der Waals surface area contributed by atoms with Gasteiger partial charge in [-0.1, -0.05) is 54.6 Å². The molecule has 0 aliphatic carbocycles. The molecule has 0 N–H and O–H groups in total. The maximum absolute atomic E-state index is 6.15. The van der Waals surface area contributed by atoms with Gasteiger partial charge in [0, 0.05) is 18.4 Å². The number of rotatable bonds is 7. The maximum atomic E-state index is 6.15. The quantitative estimate of drug-likeness (QED) is 0.475. The summed E-state index contributed by atoms with van der Waals surface area (Å²) in [7, 11) is 0. The van der Waals surface area contributed by atoms with Crippen LogP contribution < -0.4 is 9.47 Å². The van der Waals surface area contributed by atoms with E-state index in [9.17, 15) is 0 Å². The summed E-state index contributed by atoms with van der Waals surface area (Å²) in [5.74, 6) is 2.86. The molecule has 24 heavy (non-hydrogen) atoms. The predicted molar refractivity (Wildman–Crippen MR) is 98.1 cm³/mol. The third-order valence-electron chi connectivity index (χ3n) is 3.61. The Hall–Kier alpha value is -2.45. The van der Waals surface area contributed by atoms with Crippen LogP contribution in [0.1, 0.15) is 18.1 Å². The maximum Gasteiger partial charge on any atom is 0.131 e. The zero-order valence-corrected chi connectivity index (χ0v) is 14.0. The molecular weight excluding hydrogens is 320 g/mol. The van der Waals surface area contributed by atoms with Crippen molar-refractivity contribution in [2.45, 2.75) is 12.5 Å². The molecule has 122 valence electrons. The monoisotopic (exact) mass is 338 g/mol. The van der Waals surface area contributed by atoms with Crippen molar-refractivity contribution in [3.8, 4) is 17.2 Å². The second kappa shape index (κ2) is 8.42. The highest BCUT2D eigenvalue weighted by molar-refractivity contribution is 6.17. The second-order valence-corrected chi connectivity index (χ2v) is 5.76. The van der Waals surface area contributed by atoms with E-state index in [1.54, 1.807) is 0 Å². The lowest BCUT2D eigenvalue weighted by molar-refractivity contribution is 0.202. The first-order chi connectivity index (χ1) is 11.8. The van der Waals surface area contributed by atoms with E-state index in [4.69, 9.17) is 21.1 Å². The van der Waals surface area contributed by atoms with Crippen molar-refractivity contribution in [1.82, 2.24) is 0 Å². The SMILES string of the molecule is ClCCC(Oc1cccc(Oc2ccccc2)c1)c1ccccc1. The van der Waals surface area contributed by atoms with E-state index in [1.807, 2.05) is 72.8 Å². The Morgan fingerprint density at radius 3 is 2.04 bits per heavy atom. The van der Waals surface area contributed by atoms with Crippen LogP contribution in [0.4, 0.5) is 0 Å². The van der Waals surface area contributed by atoms with Crippen LogP contribution in [0.15, 0.2) is 84.9 Å². The van der Waals surface area contributed by atoms with Gasteiger partial charge in [-0.25, -0.2) is 0 Å². The van der Waals surface area contributed by atoms with Crippen LogP contribution in [0.25, 0.3) is 0 Å². The zero-order chi connectivity index (χ0) is 16.6. The average molecular weight is 339 g/mol. The first kappa shape index (κ1) is 16.4. The summed E-state index contributed by atoms with van der Waals surface area (Å²) in [6.07, 6.45) is 0.672. The Morgan fingerprint density at radius 2 is 1.33 bits per heavy atom. The van der Waals surface area contributed by atoms with Crippen LogP contribution >= 0.6 is 11.6 Å². The number of alkyl halides is 1. The van der Waals surface area contributed by atoms with Gasteiger partial charge < -0.3 is 9.47 Å². The summed E-state index contributed by atoms with van der Waals surface area (Å²) in [4.78, 5) is 0. The van der Waals surface area contributed by atoms with Crippen molar-refractivity contribution < 1.29 is 9.47 Å². The van der Waals surface area contributed by atoms with Crippen molar-refractivity contribution >= 4 is 11.6 Å².